The summed E-state index contributed by atoms with van der Waals surface area (Å²) in [5.41, 5.74) is 7.00. The molecule has 0 N–H and O–H groups in total. The fourth-order valence-corrected chi connectivity index (χ4v) is 6.55. The molecule has 0 bridgehead atoms. The Morgan fingerprint density at radius 3 is 2.22 bits per heavy atom. The molecule has 0 radical (unpaired) electrons. The highest BCUT2D eigenvalue weighted by molar-refractivity contribution is 6.09. The first-order valence-electron chi connectivity index (χ1n) is 15.5. The third kappa shape index (κ3) is 6.15. The van der Waals surface area contributed by atoms with Crippen LogP contribution in [-0.2, 0) is 4.74 Å². The molecule has 1 amide bonds. The molecule has 234 valence electrons. The molecular formula is C35H40N6O4. The highest BCUT2D eigenvalue weighted by Gasteiger charge is 2.44. The molecule has 0 unspecified atom stereocenters. The van der Waals surface area contributed by atoms with Crippen LogP contribution in [0.5, 0.6) is 0 Å². The van der Waals surface area contributed by atoms with Crippen LogP contribution in [0.25, 0.3) is 6.08 Å². The zero-order valence-corrected chi connectivity index (χ0v) is 26.3. The molecule has 2 aliphatic heterocycles. The van der Waals surface area contributed by atoms with Gasteiger partial charge in [0, 0.05) is 70.2 Å². The summed E-state index contributed by atoms with van der Waals surface area (Å²) in [4.78, 5) is 32.2. The standard InChI is InChI=1S/C35H40N6O4/c1-37(2)28-13-8-24(9-14-28)22-26-6-5-7-30-33(26)36-40(34(30)25-10-15-29(16-11-25)38(3)4)35(42)27-12-17-31(32(23-27)41(43)44)39-18-20-45-21-19-39/h8-17,22-23,30,34H,5-7,18-21H2,1-4H3/b26-22-/t30-,34+/m1/s1. The minimum atomic E-state index is -0.406. The first-order valence-corrected chi connectivity index (χ1v) is 15.5. The molecule has 3 aromatic carbocycles. The highest BCUT2D eigenvalue weighted by Crippen LogP contribution is 2.45. The smallest absolute Gasteiger partial charge is 0.293 e. The van der Waals surface area contributed by atoms with E-state index in [1.807, 2.05) is 38.0 Å². The van der Waals surface area contributed by atoms with Crippen LogP contribution < -0.4 is 14.7 Å². The predicted octanol–water partition coefficient (Wildman–Crippen LogP) is 6.00. The lowest BCUT2D eigenvalue weighted by Gasteiger charge is -2.30. The van der Waals surface area contributed by atoms with Gasteiger partial charge in [-0.05, 0) is 78.4 Å². The number of hydrogen-bond donors (Lipinski definition) is 0. The molecule has 3 aliphatic rings. The van der Waals surface area contributed by atoms with Crippen molar-refractivity contribution in [2.24, 2.45) is 11.0 Å². The van der Waals surface area contributed by atoms with E-state index in [1.165, 1.54) is 6.07 Å². The number of hydrogen-bond acceptors (Lipinski definition) is 8. The molecule has 45 heavy (non-hydrogen) atoms. The van der Waals surface area contributed by atoms with Crippen LogP contribution in [0.15, 0.2) is 77.4 Å². The molecule has 0 aromatic heterocycles. The van der Waals surface area contributed by atoms with Crippen LogP contribution >= 0.6 is 0 Å². The Morgan fingerprint density at radius 1 is 0.956 bits per heavy atom. The number of ether oxygens (including phenoxy) is 1. The maximum absolute atomic E-state index is 14.3. The first kappa shape index (κ1) is 30.3. The number of anilines is 3. The second-order valence-electron chi connectivity index (χ2n) is 12.3. The minimum absolute atomic E-state index is 0.0165. The van der Waals surface area contributed by atoms with E-state index in [4.69, 9.17) is 9.84 Å². The molecule has 3 aromatic rings. The third-order valence-corrected chi connectivity index (χ3v) is 8.98. The second-order valence-corrected chi connectivity index (χ2v) is 12.3. The van der Waals surface area contributed by atoms with Gasteiger partial charge < -0.3 is 19.4 Å². The number of morpholine rings is 1. The normalized spacial score (nSPS) is 20.5. The van der Waals surface area contributed by atoms with Gasteiger partial charge in [0.2, 0.25) is 0 Å². The van der Waals surface area contributed by atoms with Crippen LogP contribution in [-0.4, -0.2) is 76.0 Å². The zero-order chi connectivity index (χ0) is 31.7. The molecule has 1 aliphatic carbocycles. The molecular weight excluding hydrogens is 568 g/mol. The topological polar surface area (TPSA) is 94.8 Å². The number of rotatable bonds is 7. The van der Waals surface area contributed by atoms with Crippen LogP contribution in [0.3, 0.4) is 0 Å². The Hall–Kier alpha value is -4.70. The molecule has 10 nitrogen and oxygen atoms in total. The van der Waals surface area contributed by atoms with E-state index in [0.29, 0.717) is 32.0 Å². The number of fused-ring (bicyclic) bond motifs is 1. The van der Waals surface area contributed by atoms with Crippen molar-refractivity contribution in [3.05, 3.63) is 99.1 Å². The maximum Gasteiger partial charge on any atom is 0.293 e. The number of amides is 1. The van der Waals surface area contributed by atoms with Crippen LogP contribution in [0.1, 0.15) is 46.8 Å². The van der Waals surface area contributed by atoms with Gasteiger partial charge in [0.25, 0.3) is 11.6 Å². The monoisotopic (exact) mass is 608 g/mol. The fourth-order valence-electron chi connectivity index (χ4n) is 6.55. The summed E-state index contributed by atoms with van der Waals surface area (Å²) in [6, 6.07) is 21.1. The van der Waals surface area contributed by atoms with Crippen molar-refractivity contribution in [3.63, 3.8) is 0 Å². The van der Waals surface area contributed by atoms with Crippen LogP contribution in [0.2, 0.25) is 0 Å². The number of allylic oxidation sites excluding steroid dienone is 1. The van der Waals surface area contributed by atoms with Gasteiger partial charge in [-0.1, -0.05) is 24.3 Å². The number of nitrogens with zero attached hydrogens (tertiary/aromatic N) is 6. The summed E-state index contributed by atoms with van der Waals surface area (Å²) in [6.07, 6.45) is 4.94. The van der Waals surface area contributed by atoms with E-state index < -0.39 is 4.92 Å². The van der Waals surface area contributed by atoms with Crippen molar-refractivity contribution in [2.45, 2.75) is 25.3 Å². The average Bonchev–Trinajstić information content (AvgIpc) is 3.45. The van der Waals surface area contributed by atoms with Crippen LogP contribution in [0, 0.1) is 16.0 Å². The van der Waals surface area contributed by atoms with Gasteiger partial charge in [-0.25, -0.2) is 5.01 Å². The zero-order valence-electron chi connectivity index (χ0n) is 26.3. The molecule has 2 atom stereocenters. The van der Waals surface area contributed by atoms with E-state index in [1.54, 1.807) is 17.1 Å². The van der Waals surface area contributed by atoms with Gasteiger partial charge in [0.05, 0.1) is 29.9 Å². The van der Waals surface area contributed by atoms with Gasteiger partial charge >= 0.3 is 0 Å². The summed E-state index contributed by atoms with van der Waals surface area (Å²) in [7, 11) is 8.04. The molecule has 2 fully saturated rings. The second kappa shape index (κ2) is 12.7. The molecule has 2 heterocycles. The molecule has 6 rings (SSSR count). The number of nitro benzene ring substituents is 1. The van der Waals surface area contributed by atoms with Crippen molar-refractivity contribution >= 4 is 40.4 Å². The van der Waals surface area contributed by atoms with Gasteiger partial charge in [-0.2, -0.15) is 5.10 Å². The highest BCUT2D eigenvalue weighted by atomic mass is 16.6. The number of carbonyl (C=O) groups is 1. The third-order valence-electron chi connectivity index (χ3n) is 8.98. The van der Waals surface area contributed by atoms with Gasteiger partial charge in [-0.3, -0.25) is 14.9 Å². The van der Waals surface area contributed by atoms with Crippen molar-refractivity contribution in [1.82, 2.24) is 5.01 Å². The summed E-state index contributed by atoms with van der Waals surface area (Å²) in [6.45, 7) is 2.14. The fraction of sp³-hybridized carbons (Fsp3) is 0.371. The predicted molar refractivity (Wildman–Crippen MR) is 179 cm³/mol. The Balaban J connectivity index is 1.39. The Labute approximate surface area is 264 Å². The number of hydrazone groups is 1. The summed E-state index contributed by atoms with van der Waals surface area (Å²) in [5.74, 6) is -0.326. The van der Waals surface area contributed by atoms with E-state index in [9.17, 15) is 14.9 Å². The van der Waals surface area contributed by atoms with Gasteiger partial charge in [-0.15, -0.1) is 0 Å². The molecule has 1 saturated heterocycles. The van der Waals surface area contributed by atoms with Gasteiger partial charge in [0.15, 0.2) is 0 Å². The lowest BCUT2D eigenvalue weighted by molar-refractivity contribution is -0.384. The van der Waals surface area contributed by atoms with Crippen LogP contribution in [0.4, 0.5) is 22.7 Å². The lowest BCUT2D eigenvalue weighted by Crippen LogP contribution is -2.36. The van der Waals surface area contributed by atoms with Crippen molar-refractivity contribution in [2.75, 3.05) is 69.2 Å². The summed E-state index contributed by atoms with van der Waals surface area (Å²) in [5, 5.41) is 18.8. The largest absolute Gasteiger partial charge is 0.378 e. The van der Waals surface area contributed by atoms with Crippen molar-refractivity contribution in [1.29, 1.82) is 0 Å². The average molecular weight is 609 g/mol. The van der Waals surface area contributed by atoms with E-state index in [-0.39, 0.29) is 29.1 Å². The SMILES string of the molecule is CN(C)c1ccc(/C=C2/CCC[C@@H]3C2=NN(C(=O)c2ccc(N4CCOCC4)c([N+](=O)[O-])c2)[C@H]3c2ccc(N(C)C)cc2)cc1. The minimum Gasteiger partial charge on any atom is -0.378 e. The van der Waals surface area contributed by atoms with E-state index >= 15 is 0 Å². The van der Waals surface area contributed by atoms with Crippen molar-refractivity contribution in [3.8, 4) is 0 Å². The Kier molecular flexibility index (Phi) is 8.58. The molecule has 1 saturated carbocycles. The number of carbonyl (C=O) groups excluding carboxylic acids is 1. The first-order chi connectivity index (χ1) is 21.7. The molecule has 0 spiro atoms. The van der Waals surface area contributed by atoms with Gasteiger partial charge in [0.1, 0.15) is 5.69 Å². The molecule has 10 heteroatoms. The van der Waals surface area contributed by atoms with Crippen molar-refractivity contribution < 1.29 is 14.5 Å². The maximum atomic E-state index is 14.3. The number of benzene rings is 3. The Bertz CT molecular complexity index is 1620. The summed E-state index contributed by atoms with van der Waals surface area (Å²) >= 11 is 0. The van der Waals surface area contributed by atoms with E-state index in [2.05, 4.69) is 59.5 Å². The van der Waals surface area contributed by atoms with E-state index in [0.717, 1.165) is 53.0 Å². The summed E-state index contributed by atoms with van der Waals surface area (Å²) < 4.78 is 5.44. The number of nitro groups is 1. The lowest BCUT2D eigenvalue weighted by atomic mass is 9.77. The quantitative estimate of drug-likeness (QED) is 0.240. The Morgan fingerprint density at radius 2 is 1.60 bits per heavy atom.